The second-order valence-corrected chi connectivity index (χ2v) is 3.25. The number of aromatic amines is 1. The van der Waals surface area contributed by atoms with Crippen molar-refractivity contribution in [3.8, 4) is 0 Å². The average Bonchev–Trinajstić information content (AvgIpc) is 2.36. The number of H-pyrrole nitrogens is 1. The first-order valence-corrected chi connectivity index (χ1v) is 4.54. The van der Waals surface area contributed by atoms with Gasteiger partial charge in [-0.25, -0.2) is 0 Å². The van der Waals surface area contributed by atoms with Crippen molar-refractivity contribution < 1.29 is 4.79 Å². The fourth-order valence-electron chi connectivity index (χ4n) is 0.664. The number of hydrogen-bond acceptors (Lipinski definition) is 2. The van der Waals surface area contributed by atoms with E-state index in [-0.39, 0.29) is 11.8 Å². The molecule has 0 unspecified atom stereocenters. The first-order valence-electron chi connectivity index (χ1n) is 3.21. The van der Waals surface area contributed by atoms with E-state index in [1.807, 2.05) is 6.92 Å². The highest BCUT2D eigenvalue weighted by Gasteiger charge is 2.08. The van der Waals surface area contributed by atoms with E-state index in [9.17, 15) is 4.79 Å². The molecule has 0 aromatic carbocycles. The molecular formula is C6H7BrClN3O. The van der Waals surface area contributed by atoms with Crippen LogP contribution in [0.25, 0.3) is 0 Å². The number of halogens is 2. The van der Waals surface area contributed by atoms with Gasteiger partial charge in [0.05, 0.1) is 4.47 Å². The Kier molecular flexibility index (Phi) is 3.11. The maximum absolute atomic E-state index is 10.8. The molecule has 0 spiro atoms. The first kappa shape index (κ1) is 9.54. The smallest absolute Gasteiger partial charge is 0.240 e. The van der Waals surface area contributed by atoms with Crippen molar-refractivity contribution in [2.24, 2.45) is 0 Å². The van der Waals surface area contributed by atoms with E-state index in [1.165, 1.54) is 0 Å². The lowest BCUT2D eigenvalue weighted by Crippen LogP contribution is -2.13. The molecule has 1 rings (SSSR count). The van der Waals surface area contributed by atoms with Crippen molar-refractivity contribution in [1.29, 1.82) is 0 Å². The Hall–Kier alpha value is -0.550. The Balaban J connectivity index is 2.76. The zero-order valence-corrected chi connectivity index (χ0v) is 8.66. The van der Waals surface area contributed by atoms with Gasteiger partial charge in [-0.2, -0.15) is 5.10 Å². The van der Waals surface area contributed by atoms with Crippen molar-refractivity contribution in [3.63, 3.8) is 0 Å². The highest BCUT2D eigenvalue weighted by Crippen LogP contribution is 2.22. The summed E-state index contributed by atoms with van der Waals surface area (Å²) in [6.45, 7) is 1.84. The van der Waals surface area contributed by atoms with Crippen LogP contribution >= 0.6 is 27.5 Å². The standard InChI is InChI=1S/C6H7BrClN3O/c1-3-5(7)6(11-10-3)9-4(12)2-8/h2H2,1H3,(H2,9,10,11,12). The molecule has 12 heavy (non-hydrogen) atoms. The lowest BCUT2D eigenvalue weighted by Gasteiger charge is -1.97. The van der Waals surface area contributed by atoms with Gasteiger partial charge in [0.2, 0.25) is 5.91 Å². The van der Waals surface area contributed by atoms with E-state index >= 15 is 0 Å². The summed E-state index contributed by atoms with van der Waals surface area (Å²) in [7, 11) is 0. The molecule has 1 amide bonds. The number of nitrogens with zero attached hydrogens (tertiary/aromatic N) is 1. The van der Waals surface area contributed by atoms with Crippen molar-refractivity contribution in [1.82, 2.24) is 10.2 Å². The highest BCUT2D eigenvalue weighted by atomic mass is 79.9. The molecular weight excluding hydrogens is 245 g/mol. The van der Waals surface area contributed by atoms with Crippen LogP contribution in [0.3, 0.4) is 0 Å². The normalized spacial score (nSPS) is 9.92. The molecule has 0 radical (unpaired) electrons. The summed E-state index contributed by atoms with van der Waals surface area (Å²) in [6, 6.07) is 0. The Morgan fingerprint density at radius 2 is 2.50 bits per heavy atom. The first-order chi connectivity index (χ1) is 5.65. The van der Waals surface area contributed by atoms with E-state index in [1.54, 1.807) is 0 Å². The van der Waals surface area contributed by atoms with Crippen LogP contribution in [0.15, 0.2) is 4.47 Å². The molecule has 4 nitrogen and oxygen atoms in total. The molecule has 0 saturated heterocycles. The van der Waals surface area contributed by atoms with E-state index in [0.717, 1.165) is 10.2 Å². The fourth-order valence-corrected chi connectivity index (χ4v) is 1.01. The summed E-state index contributed by atoms with van der Waals surface area (Å²) in [6.07, 6.45) is 0. The number of carbonyl (C=O) groups excluding carboxylic acids is 1. The van der Waals surface area contributed by atoms with E-state index in [0.29, 0.717) is 5.82 Å². The SMILES string of the molecule is Cc1[nH]nc(NC(=O)CCl)c1Br. The molecule has 0 fully saturated rings. The maximum Gasteiger partial charge on any atom is 0.240 e. The van der Waals surface area contributed by atoms with Crippen molar-refractivity contribution in [2.75, 3.05) is 11.2 Å². The topological polar surface area (TPSA) is 57.8 Å². The van der Waals surface area contributed by atoms with Gasteiger partial charge < -0.3 is 5.32 Å². The summed E-state index contributed by atoms with van der Waals surface area (Å²) >= 11 is 8.55. The molecule has 0 aliphatic carbocycles. The summed E-state index contributed by atoms with van der Waals surface area (Å²) in [4.78, 5) is 10.8. The summed E-state index contributed by atoms with van der Waals surface area (Å²) < 4.78 is 0.751. The lowest BCUT2D eigenvalue weighted by atomic mass is 10.4. The van der Waals surface area contributed by atoms with Crippen molar-refractivity contribution >= 4 is 39.3 Å². The quantitative estimate of drug-likeness (QED) is 0.787. The summed E-state index contributed by atoms with van der Waals surface area (Å²) in [5, 5.41) is 9.07. The third-order valence-electron chi connectivity index (χ3n) is 1.25. The zero-order valence-electron chi connectivity index (χ0n) is 6.32. The van der Waals surface area contributed by atoms with Crippen LogP contribution in [0.1, 0.15) is 5.69 Å². The van der Waals surface area contributed by atoms with Gasteiger partial charge in [-0.1, -0.05) is 0 Å². The molecule has 0 aliphatic rings. The van der Waals surface area contributed by atoms with Gasteiger partial charge in [0.1, 0.15) is 5.88 Å². The van der Waals surface area contributed by atoms with Gasteiger partial charge in [-0.15, -0.1) is 11.6 Å². The number of hydrogen-bond donors (Lipinski definition) is 2. The third-order valence-corrected chi connectivity index (χ3v) is 2.46. The van der Waals surface area contributed by atoms with Gasteiger partial charge >= 0.3 is 0 Å². The Bertz CT molecular complexity index is 299. The van der Waals surface area contributed by atoms with Gasteiger partial charge in [0, 0.05) is 5.69 Å². The van der Waals surface area contributed by atoms with Gasteiger partial charge in [0.25, 0.3) is 0 Å². The number of aromatic nitrogens is 2. The number of rotatable bonds is 2. The number of anilines is 1. The number of alkyl halides is 1. The molecule has 0 saturated carbocycles. The van der Waals surface area contributed by atoms with Crippen LogP contribution in [0.5, 0.6) is 0 Å². The molecule has 0 bridgehead atoms. The minimum Gasteiger partial charge on any atom is -0.307 e. The molecule has 1 aromatic heterocycles. The molecule has 0 atom stereocenters. The highest BCUT2D eigenvalue weighted by molar-refractivity contribution is 9.10. The fraction of sp³-hybridized carbons (Fsp3) is 0.333. The largest absolute Gasteiger partial charge is 0.307 e. The molecule has 66 valence electrons. The third kappa shape index (κ3) is 1.98. The zero-order chi connectivity index (χ0) is 9.14. The number of amides is 1. The van der Waals surface area contributed by atoms with Crippen molar-refractivity contribution in [3.05, 3.63) is 10.2 Å². The van der Waals surface area contributed by atoms with E-state index < -0.39 is 0 Å². The Labute approximate surface area is 82.8 Å². The number of nitrogens with one attached hydrogen (secondary N) is 2. The van der Waals surface area contributed by atoms with Gasteiger partial charge in [-0.3, -0.25) is 9.89 Å². The second kappa shape index (κ2) is 3.91. The van der Waals surface area contributed by atoms with Crippen LogP contribution in [0.2, 0.25) is 0 Å². The Morgan fingerprint density at radius 1 is 1.83 bits per heavy atom. The van der Waals surface area contributed by atoms with Crippen molar-refractivity contribution in [2.45, 2.75) is 6.92 Å². The van der Waals surface area contributed by atoms with E-state index in [4.69, 9.17) is 11.6 Å². The van der Waals surface area contributed by atoms with E-state index in [2.05, 4.69) is 31.4 Å². The number of aryl methyl sites for hydroxylation is 1. The average molecular weight is 252 g/mol. The van der Waals surface area contributed by atoms with Crippen LogP contribution in [0, 0.1) is 6.92 Å². The molecule has 0 aliphatic heterocycles. The van der Waals surface area contributed by atoms with Crippen LogP contribution < -0.4 is 5.32 Å². The van der Waals surface area contributed by atoms with Gasteiger partial charge in [-0.05, 0) is 22.9 Å². The number of carbonyl (C=O) groups is 1. The predicted octanol–water partition coefficient (Wildman–Crippen LogP) is 1.66. The lowest BCUT2D eigenvalue weighted by molar-refractivity contribution is -0.113. The minimum atomic E-state index is -0.274. The second-order valence-electron chi connectivity index (χ2n) is 2.19. The van der Waals surface area contributed by atoms with Crippen LogP contribution in [-0.4, -0.2) is 22.0 Å². The summed E-state index contributed by atoms with van der Waals surface area (Å²) in [5.74, 6) is 0.125. The van der Waals surface area contributed by atoms with Crippen LogP contribution in [-0.2, 0) is 4.79 Å². The molecule has 2 N–H and O–H groups in total. The minimum absolute atomic E-state index is 0.0711. The van der Waals surface area contributed by atoms with Gasteiger partial charge in [0.15, 0.2) is 5.82 Å². The summed E-state index contributed by atoms with van der Waals surface area (Å²) in [5.41, 5.74) is 0.861. The monoisotopic (exact) mass is 251 g/mol. The molecule has 1 aromatic rings. The molecule has 1 heterocycles. The molecule has 6 heteroatoms. The maximum atomic E-state index is 10.8. The van der Waals surface area contributed by atoms with Crippen LogP contribution in [0.4, 0.5) is 5.82 Å². The Morgan fingerprint density at radius 3 is 2.92 bits per heavy atom. The predicted molar refractivity (Wildman–Crippen MR) is 50.4 cm³/mol.